The van der Waals surface area contributed by atoms with Crippen LogP contribution in [-0.4, -0.2) is 15.4 Å². The molecule has 0 aliphatic heterocycles. The number of nitrogens with zero attached hydrogens (tertiary/aromatic N) is 2. The van der Waals surface area contributed by atoms with Gasteiger partial charge in [-0.2, -0.15) is 0 Å². The van der Waals surface area contributed by atoms with Crippen molar-refractivity contribution in [2.24, 2.45) is 0 Å². The van der Waals surface area contributed by atoms with E-state index in [1.54, 1.807) is 12.3 Å². The summed E-state index contributed by atoms with van der Waals surface area (Å²) in [6.07, 6.45) is 1.72. The molecule has 2 heterocycles. The molecule has 0 unspecified atom stereocenters. The lowest BCUT2D eigenvalue weighted by Crippen LogP contribution is -2.19. The van der Waals surface area contributed by atoms with Crippen LogP contribution in [0, 0.1) is 27.7 Å². The minimum Gasteiger partial charge on any atom is -0.487 e. The second-order valence-corrected chi connectivity index (χ2v) is 8.24. The summed E-state index contributed by atoms with van der Waals surface area (Å²) in [5.41, 5.74) is 6.37. The number of benzene rings is 2. The van der Waals surface area contributed by atoms with E-state index in [1.807, 2.05) is 70.2 Å². The highest BCUT2D eigenvalue weighted by atomic mass is 16.5. The molecule has 4 rings (SSSR count). The largest absolute Gasteiger partial charge is 0.487 e. The van der Waals surface area contributed by atoms with E-state index in [0.717, 1.165) is 27.9 Å². The lowest BCUT2D eigenvalue weighted by Gasteiger charge is -2.13. The normalized spacial score (nSPS) is 10.8. The smallest absolute Gasteiger partial charge is 0.323 e. The molecule has 0 fully saturated rings. The molecule has 0 saturated heterocycles. The Morgan fingerprint density at radius 2 is 1.61 bits per heavy atom. The third-order valence-corrected chi connectivity index (χ3v) is 5.18. The van der Waals surface area contributed by atoms with E-state index in [2.05, 4.69) is 15.6 Å². The first kappa shape index (κ1) is 22.1. The van der Waals surface area contributed by atoms with Gasteiger partial charge >= 0.3 is 6.03 Å². The average molecular weight is 443 g/mol. The van der Waals surface area contributed by atoms with Gasteiger partial charge in [0.05, 0.1) is 5.69 Å². The number of anilines is 2. The molecule has 4 aromatic rings. The van der Waals surface area contributed by atoms with Gasteiger partial charge in [0.15, 0.2) is 0 Å². The first-order chi connectivity index (χ1) is 15.8. The van der Waals surface area contributed by atoms with Crippen molar-refractivity contribution in [3.63, 3.8) is 0 Å². The quantitative estimate of drug-likeness (QED) is 0.448. The number of carbonyl (C=O) groups is 1. The van der Waals surface area contributed by atoms with Gasteiger partial charge in [-0.25, -0.2) is 9.78 Å². The van der Waals surface area contributed by atoms with Crippen molar-refractivity contribution in [3.05, 3.63) is 99.1 Å². The van der Waals surface area contributed by atoms with Crippen molar-refractivity contribution in [3.8, 4) is 5.75 Å². The summed E-state index contributed by atoms with van der Waals surface area (Å²) in [6, 6.07) is 16.2. The highest BCUT2D eigenvalue weighted by molar-refractivity contribution is 6.00. The molecule has 2 aromatic carbocycles. The molecule has 2 aromatic heterocycles. The topological polar surface area (TPSA) is 84.7 Å². The molecular formula is C26H26N4O3. The summed E-state index contributed by atoms with van der Waals surface area (Å²) >= 11 is 0. The number of amides is 2. The summed E-state index contributed by atoms with van der Waals surface area (Å²) in [5.74, 6) is 0.602. The zero-order valence-corrected chi connectivity index (χ0v) is 19.1. The number of nitrogens with one attached hydrogen (secondary N) is 2. The van der Waals surface area contributed by atoms with Crippen LogP contribution in [0.15, 0.2) is 65.6 Å². The van der Waals surface area contributed by atoms with Crippen molar-refractivity contribution in [1.29, 1.82) is 0 Å². The standard InChI is InChI=1S/C26H26N4O3/c1-16-7-8-30-24(12-16)27-22(14-25(30)31)15-33-23-13-20(6-5-19(23)4)28-26(32)29-21-10-17(2)9-18(3)11-21/h5-14H,15H2,1-4H3,(H2,28,29,32). The van der Waals surface area contributed by atoms with E-state index in [-0.39, 0.29) is 18.2 Å². The molecular weight excluding hydrogens is 416 g/mol. The molecule has 168 valence electrons. The van der Waals surface area contributed by atoms with Gasteiger partial charge in [0.1, 0.15) is 18.0 Å². The van der Waals surface area contributed by atoms with Crippen LogP contribution >= 0.6 is 0 Å². The van der Waals surface area contributed by atoms with Gasteiger partial charge in [0.2, 0.25) is 0 Å². The van der Waals surface area contributed by atoms with Crippen LogP contribution in [0.1, 0.15) is 27.9 Å². The van der Waals surface area contributed by atoms with Gasteiger partial charge in [0, 0.05) is 29.7 Å². The molecule has 0 aliphatic carbocycles. The average Bonchev–Trinajstić information content (AvgIpc) is 2.73. The summed E-state index contributed by atoms with van der Waals surface area (Å²) in [7, 11) is 0. The minimum atomic E-state index is -0.339. The molecule has 2 N–H and O–H groups in total. The lowest BCUT2D eigenvalue weighted by molar-refractivity contribution is 0.262. The Hall–Kier alpha value is -4.13. The molecule has 0 saturated carbocycles. The van der Waals surface area contributed by atoms with Crippen molar-refractivity contribution in [1.82, 2.24) is 9.38 Å². The Morgan fingerprint density at radius 1 is 0.879 bits per heavy atom. The fourth-order valence-electron chi connectivity index (χ4n) is 3.65. The Bertz CT molecular complexity index is 1390. The summed E-state index contributed by atoms with van der Waals surface area (Å²) in [6.45, 7) is 7.98. The predicted octanol–water partition coefficient (Wildman–Crippen LogP) is 5.15. The van der Waals surface area contributed by atoms with Crippen molar-refractivity contribution >= 4 is 23.1 Å². The van der Waals surface area contributed by atoms with E-state index >= 15 is 0 Å². The third-order valence-electron chi connectivity index (χ3n) is 5.18. The van der Waals surface area contributed by atoms with Crippen LogP contribution in [0.3, 0.4) is 0 Å². The van der Waals surface area contributed by atoms with Gasteiger partial charge in [-0.1, -0.05) is 12.1 Å². The number of fused-ring (bicyclic) bond motifs is 1. The van der Waals surface area contributed by atoms with Crippen molar-refractivity contribution < 1.29 is 9.53 Å². The van der Waals surface area contributed by atoms with Crippen LogP contribution in [-0.2, 0) is 6.61 Å². The van der Waals surface area contributed by atoms with E-state index in [4.69, 9.17) is 4.74 Å². The maximum absolute atomic E-state index is 12.5. The summed E-state index contributed by atoms with van der Waals surface area (Å²) < 4.78 is 7.45. The van der Waals surface area contributed by atoms with E-state index in [0.29, 0.717) is 22.8 Å². The van der Waals surface area contributed by atoms with E-state index in [1.165, 1.54) is 10.5 Å². The van der Waals surface area contributed by atoms with Crippen molar-refractivity contribution in [2.75, 3.05) is 10.6 Å². The zero-order chi connectivity index (χ0) is 23.5. The molecule has 0 aliphatic rings. The number of ether oxygens (including phenoxy) is 1. The Morgan fingerprint density at radius 3 is 2.36 bits per heavy atom. The number of aryl methyl sites for hydroxylation is 4. The number of pyridine rings is 1. The van der Waals surface area contributed by atoms with Gasteiger partial charge in [-0.15, -0.1) is 0 Å². The Kier molecular flexibility index (Phi) is 6.13. The molecule has 2 amide bonds. The highest BCUT2D eigenvalue weighted by Gasteiger charge is 2.09. The second kappa shape index (κ2) is 9.16. The van der Waals surface area contributed by atoms with Gasteiger partial charge in [-0.05, 0) is 80.3 Å². The highest BCUT2D eigenvalue weighted by Crippen LogP contribution is 2.24. The maximum atomic E-state index is 12.5. The number of rotatable bonds is 5. The monoisotopic (exact) mass is 442 g/mol. The number of aromatic nitrogens is 2. The fraction of sp³-hybridized carbons (Fsp3) is 0.192. The van der Waals surface area contributed by atoms with E-state index < -0.39 is 0 Å². The first-order valence-electron chi connectivity index (χ1n) is 10.7. The number of hydrogen-bond acceptors (Lipinski definition) is 4. The van der Waals surface area contributed by atoms with Gasteiger partial charge in [0.25, 0.3) is 5.56 Å². The second-order valence-electron chi connectivity index (χ2n) is 8.24. The predicted molar refractivity (Wildman–Crippen MR) is 130 cm³/mol. The number of hydrogen-bond donors (Lipinski definition) is 2. The SMILES string of the molecule is Cc1cc(C)cc(NC(=O)Nc2ccc(C)c(OCc3cc(=O)n4ccc(C)cc4n3)c2)c1. The molecule has 7 nitrogen and oxygen atoms in total. The minimum absolute atomic E-state index is 0.138. The summed E-state index contributed by atoms with van der Waals surface area (Å²) in [4.78, 5) is 29.4. The Labute approximate surface area is 192 Å². The van der Waals surface area contributed by atoms with Crippen LogP contribution in [0.4, 0.5) is 16.2 Å². The van der Waals surface area contributed by atoms with Gasteiger partial charge < -0.3 is 15.4 Å². The number of urea groups is 1. The van der Waals surface area contributed by atoms with Crippen LogP contribution < -0.4 is 20.9 Å². The Balaban J connectivity index is 1.46. The number of carbonyl (C=O) groups excluding carboxylic acids is 1. The molecule has 33 heavy (non-hydrogen) atoms. The maximum Gasteiger partial charge on any atom is 0.323 e. The molecule has 7 heteroatoms. The first-order valence-corrected chi connectivity index (χ1v) is 10.7. The van der Waals surface area contributed by atoms with Crippen molar-refractivity contribution in [2.45, 2.75) is 34.3 Å². The fourth-order valence-corrected chi connectivity index (χ4v) is 3.65. The third kappa shape index (κ3) is 5.38. The van der Waals surface area contributed by atoms with Crippen LogP contribution in [0.25, 0.3) is 5.65 Å². The lowest BCUT2D eigenvalue weighted by atomic mass is 10.1. The molecule has 0 radical (unpaired) electrons. The van der Waals surface area contributed by atoms with Crippen LogP contribution in [0.5, 0.6) is 5.75 Å². The summed E-state index contributed by atoms with van der Waals surface area (Å²) in [5, 5.41) is 5.69. The van der Waals surface area contributed by atoms with Crippen LogP contribution in [0.2, 0.25) is 0 Å². The molecule has 0 bridgehead atoms. The zero-order valence-electron chi connectivity index (χ0n) is 19.1. The molecule has 0 spiro atoms. The van der Waals surface area contributed by atoms with E-state index in [9.17, 15) is 9.59 Å². The molecule has 0 atom stereocenters. The van der Waals surface area contributed by atoms with Gasteiger partial charge in [-0.3, -0.25) is 9.20 Å².